The first-order chi connectivity index (χ1) is 26.5. The third-order valence-electron chi connectivity index (χ3n) is 11.5. The van der Waals surface area contributed by atoms with Crippen LogP contribution in [0.25, 0.3) is 75.5 Å². The van der Waals surface area contributed by atoms with E-state index in [1.54, 1.807) is 0 Å². The van der Waals surface area contributed by atoms with Crippen LogP contribution in [0.1, 0.15) is 25.0 Å². The molecule has 0 radical (unpaired) electrons. The van der Waals surface area contributed by atoms with Gasteiger partial charge < -0.3 is 9.32 Å². The fraction of sp³-hybridized carbons (Fsp3) is 0.0588. The quantitative estimate of drug-likeness (QED) is 0.177. The standard InChI is InChI=1S/C51H35NOS/c1-51(2)45-15-6-3-10-39(45)43-31-37(27-28-46(43)51)52(35-23-18-32(19-24-35)34-22-29-49-44(30-34)41-12-5-8-17-48(41)54-49)36-25-20-33(21-26-36)38-13-9-14-42-40-11-4-7-16-47(40)53-50(38)42/h3-31H,1-2H3. The van der Waals surface area contributed by atoms with Crippen molar-refractivity contribution in [1.82, 2.24) is 0 Å². The lowest BCUT2D eigenvalue weighted by atomic mass is 9.82. The summed E-state index contributed by atoms with van der Waals surface area (Å²) in [5.74, 6) is 0. The summed E-state index contributed by atoms with van der Waals surface area (Å²) in [6.45, 7) is 4.68. The van der Waals surface area contributed by atoms with E-state index < -0.39 is 0 Å². The molecule has 0 saturated carbocycles. The maximum atomic E-state index is 6.42. The summed E-state index contributed by atoms with van der Waals surface area (Å²) in [7, 11) is 0. The fourth-order valence-electron chi connectivity index (χ4n) is 8.77. The minimum absolute atomic E-state index is 0.0505. The molecular formula is C51H35NOS. The van der Waals surface area contributed by atoms with E-state index in [1.807, 2.05) is 23.5 Å². The lowest BCUT2D eigenvalue weighted by molar-refractivity contribution is 0.660. The molecule has 1 aliphatic carbocycles. The van der Waals surface area contributed by atoms with Gasteiger partial charge in [0.05, 0.1) is 0 Å². The Bertz CT molecular complexity index is 3070. The zero-order valence-corrected chi connectivity index (χ0v) is 30.8. The highest BCUT2D eigenvalue weighted by molar-refractivity contribution is 7.25. The van der Waals surface area contributed by atoms with Crippen LogP contribution in [0.5, 0.6) is 0 Å². The molecule has 0 bridgehead atoms. The highest BCUT2D eigenvalue weighted by Gasteiger charge is 2.35. The Kier molecular flexibility index (Phi) is 6.80. The summed E-state index contributed by atoms with van der Waals surface area (Å²) in [4.78, 5) is 2.39. The van der Waals surface area contributed by atoms with Crippen molar-refractivity contribution >= 4 is 70.5 Å². The molecule has 2 aromatic heterocycles. The monoisotopic (exact) mass is 709 g/mol. The average Bonchev–Trinajstić information content (AvgIpc) is 3.86. The predicted molar refractivity (Wildman–Crippen MR) is 230 cm³/mol. The SMILES string of the molecule is CC1(C)c2ccccc2-c2cc(N(c3ccc(-c4ccc5sc6ccccc6c5c4)cc3)c3ccc(-c4cccc5c4oc4ccccc45)cc3)ccc21. The minimum atomic E-state index is -0.0505. The van der Waals surface area contributed by atoms with Crippen LogP contribution < -0.4 is 4.90 Å². The van der Waals surface area contributed by atoms with Crippen LogP contribution in [-0.2, 0) is 5.41 Å². The largest absolute Gasteiger partial charge is 0.455 e. The van der Waals surface area contributed by atoms with E-state index in [0.717, 1.165) is 50.1 Å². The van der Waals surface area contributed by atoms with Crippen molar-refractivity contribution in [2.45, 2.75) is 19.3 Å². The van der Waals surface area contributed by atoms with Gasteiger partial charge in [-0.15, -0.1) is 11.3 Å². The molecule has 0 unspecified atom stereocenters. The fourth-order valence-corrected chi connectivity index (χ4v) is 9.85. The normalized spacial score (nSPS) is 13.1. The van der Waals surface area contributed by atoms with Gasteiger partial charge in [-0.1, -0.05) is 129 Å². The Morgan fingerprint density at radius 2 is 1.04 bits per heavy atom. The van der Waals surface area contributed by atoms with Crippen LogP contribution in [0.3, 0.4) is 0 Å². The van der Waals surface area contributed by atoms with Crippen molar-refractivity contribution in [1.29, 1.82) is 0 Å². The molecule has 0 fully saturated rings. The van der Waals surface area contributed by atoms with Crippen molar-refractivity contribution < 1.29 is 4.42 Å². The number of para-hydroxylation sites is 2. The van der Waals surface area contributed by atoms with E-state index in [-0.39, 0.29) is 5.41 Å². The van der Waals surface area contributed by atoms with Crippen molar-refractivity contribution in [3.8, 4) is 33.4 Å². The number of fused-ring (bicyclic) bond motifs is 9. The van der Waals surface area contributed by atoms with Gasteiger partial charge in [-0.25, -0.2) is 0 Å². The van der Waals surface area contributed by atoms with E-state index in [4.69, 9.17) is 4.42 Å². The Balaban J connectivity index is 1.03. The Morgan fingerprint density at radius 3 is 1.87 bits per heavy atom. The van der Waals surface area contributed by atoms with E-state index >= 15 is 0 Å². The lowest BCUT2D eigenvalue weighted by Crippen LogP contribution is -2.15. The van der Waals surface area contributed by atoms with Gasteiger partial charge in [-0.3, -0.25) is 0 Å². The zero-order chi connectivity index (χ0) is 36.0. The number of rotatable bonds is 5. The molecule has 256 valence electrons. The molecule has 0 saturated heterocycles. The van der Waals surface area contributed by atoms with Crippen LogP contribution in [0.2, 0.25) is 0 Å². The Labute approximate surface area is 318 Å². The Hall–Kier alpha value is -6.42. The number of anilines is 3. The summed E-state index contributed by atoms with van der Waals surface area (Å²) in [6.07, 6.45) is 0. The maximum absolute atomic E-state index is 6.42. The summed E-state index contributed by atoms with van der Waals surface area (Å²) in [5, 5.41) is 4.93. The van der Waals surface area contributed by atoms with Crippen molar-refractivity contribution in [2.75, 3.05) is 4.90 Å². The van der Waals surface area contributed by atoms with Gasteiger partial charge in [0.25, 0.3) is 0 Å². The van der Waals surface area contributed by atoms with Crippen molar-refractivity contribution in [3.63, 3.8) is 0 Å². The molecule has 0 spiro atoms. The van der Waals surface area contributed by atoms with Crippen LogP contribution >= 0.6 is 11.3 Å². The second-order valence-corrected chi connectivity index (χ2v) is 16.0. The molecule has 1 aliphatic rings. The van der Waals surface area contributed by atoms with Crippen LogP contribution in [-0.4, -0.2) is 0 Å². The highest BCUT2D eigenvalue weighted by Crippen LogP contribution is 2.51. The van der Waals surface area contributed by atoms with Crippen LogP contribution in [0.15, 0.2) is 180 Å². The molecule has 54 heavy (non-hydrogen) atoms. The first kappa shape index (κ1) is 31.1. The van der Waals surface area contributed by atoms with Gasteiger partial charge in [0.1, 0.15) is 11.2 Å². The average molecular weight is 710 g/mol. The molecule has 2 nitrogen and oxygen atoms in total. The number of furan rings is 1. The molecule has 2 heterocycles. The van der Waals surface area contributed by atoms with E-state index in [1.165, 1.54) is 53.6 Å². The second kappa shape index (κ2) is 11.8. The summed E-state index contributed by atoms with van der Waals surface area (Å²) >= 11 is 1.86. The van der Waals surface area contributed by atoms with Gasteiger partial charge in [0.15, 0.2) is 0 Å². The number of hydrogen-bond donors (Lipinski definition) is 0. The predicted octanol–water partition coefficient (Wildman–Crippen LogP) is 15.1. The number of benzene rings is 8. The molecule has 0 N–H and O–H groups in total. The van der Waals surface area contributed by atoms with Gasteiger partial charge in [0, 0.05) is 59.0 Å². The zero-order valence-electron chi connectivity index (χ0n) is 30.0. The van der Waals surface area contributed by atoms with E-state index in [2.05, 4.69) is 183 Å². The molecule has 0 aliphatic heterocycles. The molecule has 0 amide bonds. The lowest BCUT2D eigenvalue weighted by Gasteiger charge is -2.27. The van der Waals surface area contributed by atoms with Gasteiger partial charge in [-0.05, 0) is 99.6 Å². The van der Waals surface area contributed by atoms with Gasteiger partial charge >= 0.3 is 0 Å². The number of nitrogens with zero attached hydrogens (tertiary/aromatic N) is 1. The van der Waals surface area contributed by atoms with Crippen molar-refractivity contribution in [3.05, 3.63) is 187 Å². The minimum Gasteiger partial charge on any atom is -0.455 e. The molecule has 3 heteroatoms. The number of thiophene rings is 1. The Morgan fingerprint density at radius 1 is 0.426 bits per heavy atom. The highest BCUT2D eigenvalue weighted by atomic mass is 32.1. The van der Waals surface area contributed by atoms with Crippen LogP contribution in [0.4, 0.5) is 17.1 Å². The second-order valence-electron chi connectivity index (χ2n) is 14.9. The number of hydrogen-bond acceptors (Lipinski definition) is 3. The van der Waals surface area contributed by atoms with E-state index in [9.17, 15) is 0 Å². The van der Waals surface area contributed by atoms with Gasteiger partial charge in [-0.2, -0.15) is 0 Å². The molecule has 10 aromatic rings. The summed E-state index contributed by atoms with van der Waals surface area (Å²) < 4.78 is 9.07. The topological polar surface area (TPSA) is 16.4 Å². The third-order valence-corrected chi connectivity index (χ3v) is 12.7. The third kappa shape index (κ3) is 4.72. The maximum Gasteiger partial charge on any atom is 0.143 e. The molecule has 11 rings (SSSR count). The molecule has 0 atom stereocenters. The smallest absolute Gasteiger partial charge is 0.143 e. The van der Waals surface area contributed by atoms with Crippen LogP contribution in [0, 0.1) is 0 Å². The van der Waals surface area contributed by atoms with Gasteiger partial charge in [0.2, 0.25) is 0 Å². The first-order valence-electron chi connectivity index (χ1n) is 18.6. The first-order valence-corrected chi connectivity index (χ1v) is 19.4. The van der Waals surface area contributed by atoms with Crippen molar-refractivity contribution in [2.24, 2.45) is 0 Å². The summed E-state index contributed by atoms with van der Waals surface area (Å²) in [6, 6.07) is 64.2. The van der Waals surface area contributed by atoms with E-state index in [0.29, 0.717) is 0 Å². The summed E-state index contributed by atoms with van der Waals surface area (Å²) in [5.41, 5.74) is 15.2. The molecular weight excluding hydrogens is 675 g/mol. The molecule has 8 aromatic carbocycles.